The van der Waals surface area contributed by atoms with Crippen LogP contribution in [0.1, 0.15) is 51.8 Å². The highest BCUT2D eigenvalue weighted by Crippen LogP contribution is 2.32. The number of benzene rings is 1. The zero-order chi connectivity index (χ0) is 23.7. The van der Waals surface area contributed by atoms with Crippen molar-refractivity contribution in [2.24, 2.45) is 11.5 Å². The average Bonchev–Trinajstić information content (AvgIpc) is 2.68. The number of aromatic hydroxyl groups is 1. The smallest absolute Gasteiger partial charge is 0.125 e. The highest BCUT2D eigenvalue weighted by Gasteiger charge is 2.39. The van der Waals surface area contributed by atoms with E-state index in [0.717, 1.165) is 29.7 Å². The van der Waals surface area contributed by atoms with Crippen LogP contribution in [0.5, 0.6) is 5.75 Å². The number of aryl methyl sites for hydroxylation is 1. The Balaban J connectivity index is 1.78. The second-order valence-corrected chi connectivity index (χ2v) is 10.2. The van der Waals surface area contributed by atoms with Crippen molar-refractivity contribution in [1.82, 2.24) is 15.2 Å². The molecule has 0 saturated carbocycles. The van der Waals surface area contributed by atoms with Gasteiger partial charge in [0.25, 0.3) is 0 Å². The lowest BCUT2D eigenvalue weighted by atomic mass is 9.79. The van der Waals surface area contributed by atoms with Gasteiger partial charge in [0.05, 0.1) is 5.82 Å². The average molecular weight is 436 g/mol. The number of nitrogens with zero attached hydrogens (tertiary/aromatic N) is 2. The Morgan fingerprint density at radius 1 is 1.06 bits per heavy atom. The van der Waals surface area contributed by atoms with E-state index in [1.807, 2.05) is 44.3 Å². The van der Waals surface area contributed by atoms with Crippen LogP contribution in [-0.4, -0.2) is 39.2 Å². The maximum absolute atomic E-state index is 10.6. The van der Waals surface area contributed by atoms with Crippen LogP contribution in [0.4, 0.5) is 0 Å². The Kier molecular flexibility index (Phi) is 6.56. The number of piperidine rings is 1. The minimum atomic E-state index is 0.0384. The molecule has 6 heteroatoms. The fourth-order valence-corrected chi connectivity index (χ4v) is 4.82. The van der Waals surface area contributed by atoms with Crippen molar-refractivity contribution in [3.63, 3.8) is 0 Å². The molecule has 0 aliphatic carbocycles. The molecule has 1 saturated heterocycles. The summed E-state index contributed by atoms with van der Waals surface area (Å²) < 4.78 is 0. The number of nitrogens with one attached hydrogen (secondary N) is 1. The van der Waals surface area contributed by atoms with Gasteiger partial charge >= 0.3 is 0 Å². The van der Waals surface area contributed by atoms with Crippen LogP contribution in [0, 0.1) is 6.92 Å². The van der Waals surface area contributed by atoms with Gasteiger partial charge in [0.1, 0.15) is 5.75 Å². The van der Waals surface area contributed by atoms with Gasteiger partial charge in [0, 0.05) is 47.3 Å². The maximum Gasteiger partial charge on any atom is 0.125 e. The first-order chi connectivity index (χ1) is 14.9. The van der Waals surface area contributed by atoms with Crippen molar-refractivity contribution in [2.75, 3.05) is 7.05 Å². The molecule has 0 spiro atoms. The highest BCUT2D eigenvalue weighted by molar-refractivity contribution is 5.74. The van der Waals surface area contributed by atoms with E-state index in [-0.39, 0.29) is 16.8 Å². The first kappa shape index (κ1) is 23.7. The molecule has 0 radical (unpaired) electrons. The number of nitrogens with two attached hydrogens (primary N) is 2. The normalized spacial score (nSPS) is 19.1. The van der Waals surface area contributed by atoms with Crippen molar-refractivity contribution in [1.29, 1.82) is 0 Å². The van der Waals surface area contributed by atoms with Crippen LogP contribution in [0.3, 0.4) is 0 Å². The molecule has 6 N–H and O–H groups in total. The lowest BCUT2D eigenvalue weighted by molar-refractivity contribution is 0.0981. The van der Waals surface area contributed by atoms with Crippen LogP contribution in [0.15, 0.2) is 54.5 Å². The SMILES string of the molecule is Cc1cc(-c2ccc(/C(N)=C/C=C(\N)N(C)C3CC(C)(C)NC(C)(C)C3)c(O)c2)ccn1. The molecular formula is C26H37N5O. The number of hydrogen-bond acceptors (Lipinski definition) is 6. The number of allylic oxidation sites excluding steroid dienone is 2. The van der Waals surface area contributed by atoms with Gasteiger partial charge in [-0.1, -0.05) is 6.07 Å². The first-order valence-electron chi connectivity index (χ1n) is 11.1. The van der Waals surface area contributed by atoms with Gasteiger partial charge in [0.2, 0.25) is 0 Å². The summed E-state index contributed by atoms with van der Waals surface area (Å²) in [5, 5.41) is 14.3. The molecule has 0 bridgehead atoms. The molecule has 2 heterocycles. The molecule has 6 nitrogen and oxygen atoms in total. The molecule has 3 rings (SSSR count). The molecule has 0 amide bonds. The summed E-state index contributed by atoms with van der Waals surface area (Å²) in [6.45, 7) is 10.9. The van der Waals surface area contributed by atoms with E-state index in [1.165, 1.54) is 0 Å². The van der Waals surface area contributed by atoms with Crippen molar-refractivity contribution in [3.05, 3.63) is 65.8 Å². The van der Waals surface area contributed by atoms with E-state index < -0.39 is 0 Å². The van der Waals surface area contributed by atoms with Crippen molar-refractivity contribution >= 4 is 5.70 Å². The number of aromatic nitrogens is 1. The van der Waals surface area contributed by atoms with E-state index in [9.17, 15) is 5.11 Å². The van der Waals surface area contributed by atoms with Crippen LogP contribution in [0.25, 0.3) is 16.8 Å². The van der Waals surface area contributed by atoms with E-state index in [1.54, 1.807) is 18.3 Å². The van der Waals surface area contributed by atoms with Crippen LogP contribution < -0.4 is 16.8 Å². The van der Waals surface area contributed by atoms with Crippen molar-refractivity contribution in [2.45, 2.75) is 64.6 Å². The predicted octanol–water partition coefficient (Wildman–Crippen LogP) is 4.10. The second kappa shape index (κ2) is 8.87. The van der Waals surface area contributed by atoms with Gasteiger partial charge < -0.3 is 26.8 Å². The summed E-state index contributed by atoms with van der Waals surface area (Å²) in [4.78, 5) is 6.35. The standard InChI is InChI=1S/C26H37N5O/c1-17-13-19(11-12-29-17)18-7-8-21(23(32)14-18)22(27)9-10-24(28)31(6)20-15-25(2,3)30-26(4,5)16-20/h7-14,20,30,32H,15-16,27-28H2,1-6H3/b22-9-,24-10+. The molecule has 1 aromatic carbocycles. The number of rotatable bonds is 5. The van der Waals surface area contributed by atoms with Gasteiger partial charge in [-0.25, -0.2) is 0 Å². The van der Waals surface area contributed by atoms with Crippen LogP contribution >= 0.6 is 0 Å². The summed E-state index contributed by atoms with van der Waals surface area (Å²) in [6, 6.07) is 9.73. The Morgan fingerprint density at radius 3 is 2.28 bits per heavy atom. The van der Waals surface area contributed by atoms with Crippen molar-refractivity contribution in [3.8, 4) is 16.9 Å². The van der Waals surface area contributed by atoms with E-state index in [2.05, 4.69) is 42.9 Å². The van der Waals surface area contributed by atoms with E-state index in [0.29, 0.717) is 23.1 Å². The summed E-state index contributed by atoms with van der Waals surface area (Å²) in [5.41, 5.74) is 16.6. The number of hydrogen-bond donors (Lipinski definition) is 4. The Bertz CT molecular complexity index is 1020. The molecule has 1 aliphatic heterocycles. The summed E-state index contributed by atoms with van der Waals surface area (Å²) in [5.74, 6) is 0.780. The van der Waals surface area contributed by atoms with Gasteiger partial charge in [-0.05, 0) is 95.0 Å². The third kappa shape index (κ3) is 5.62. The van der Waals surface area contributed by atoms with Gasteiger partial charge in [-0.3, -0.25) is 4.98 Å². The van der Waals surface area contributed by atoms with Gasteiger partial charge in [-0.15, -0.1) is 0 Å². The Labute approximate surface area is 192 Å². The molecule has 0 unspecified atom stereocenters. The summed E-state index contributed by atoms with van der Waals surface area (Å²) in [6.07, 6.45) is 7.33. The molecule has 172 valence electrons. The van der Waals surface area contributed by atoms with Crippen molar-refractivity contribution < 1.29 is 5.11 Å². The summed E-state index contributed by atoms with van der Waals surface area (Å²) >= 11 is 0. The Hall–Kier alpha value is -2.99. The summed E-state index contributed by atoms with van der Waals surface area (Å²) in [7, 11) is 2.03. The molecule has 0 atom stereocenters. The number of pyridine rings is 1. The lowest BCUT2D eigenvalue weighted by Gasteiger charge is -2.49. The molecule has 1 aliphatic rings. The predicted molar refractivity (Wildman–Crippen MR) is 133 cm³/mol. The fraction of sp³-hybridized carbons (Fsp3) is 0.423. The number of phenolic OH excluding ortho intramolecular Hbond substituents is 1. The minimum Gasteiger partial charge on any atom is -0.507 e. The van der Waals surface area contributed by atoms with Gasteiger partial charge in [0.15, 0.2) is 0 Å². The fourth-order valence-electron chi connectivity index (χ4n) is 4.82. The van der Waals surface area contributed by atoms with E-state index in [4.69, 9.17) is 11.5 Å². The third-order valence-electron chi connectivity index (χ3n) is 6.10. The highest BCUT2D eigenvalue weighted by atomic mass is 16.3. The third-order valence-corrected chi connectivity index (χ3v) is 6.10. The molecule has 2 aromatic rings. The largest absolute Gasteiger partial charge is 0.507 e. The second-order valence-electron chi connectivity index (χ2n) is 10.2. The van der Waals surface area contributed by atoms with Gasteiger partial charge in [-0.2, -0.15) is 0 Å². The minimum absolute atomic E-state index is 0.0384. The monoisotopic (exact) mass is 435 g/mol. The van der Waals surface area contributed by atoms with Crippen LogP contribution in [0.2, 0.25) is 0 Å². The zero-order valence-electron chi connectivity index (χ0n) is 20.1. The number of phenols is 1. The topological polar surface area (TPSA) is 100 Å². The van der Waals surface area contributed by atoms with E-state index >= 15 is 0 Å². The zero-order valence-corrected chi connectivity index (χ0v) is 20.1. The molecule has 1 fully saturated rings. The molecular weight excluding hydrogens is 398 g/mol. The Morgan fingerprint density at radius 2 is 1.69 bits per heavy atom. The quantitative estimate of drug-likeness (QED) is 0.528. The maximum atomic E-state index is 10.6. The van der Waals surface area contributed by atoms with Crippen LogP contribution in [-0.2, 0) is 0 Å². The first-order valence-corrected chi connectivity index (χ1v) is 11.1. The molecule has 32 heavy (non-hydrogen) atoms. The lowest BCUT2D eigenvalue weighted by Crippen LogP contribution is -2.61. The molecule has 1 aromatic heterocycles.